The molecule has 2 atom stereocenters. The van der Waals surface area contributed by atoms with Crippen molar-refractivity contribution in [2.24, 2.45) is 0 Å². The number of anilines is 1. The lowest BCUT2D eigenvalue weighted by molar-refractivity contribution is -0.123. The highest BCUT2D eigenvalue weighted by molar-refractivity contribution is 6.30. The number of nitrogens with one attached hydrogen (secondary N) is 2. The Labute approximate surface area is 124 Å². The SMILES string of the molecule is CNC1CCCCC1OCC(=O)Nc1cccc(Cl)c1. The molecule has 2 N–H and O–H groups in total. The van der Waals surface area contributed by atoms with Crippen molar-refractivity contribution < 1.29 is 9.53 Å². The van der Waals surface area contributed by atoms with Crippen molar-refractivity contribution in [2.75, 3.05) is 19.0 Å². The number of benzene rings is 1. The molecule has 0 heterocycles. The van der Waals surface area contributed by atoms with Crippen LogP contribution >= 0.6 is 11.6 Å². The van der Waals surface area contributed by atoms with Gasteiger partial charge in [-0.15, -0.1) is 0 Å². The van der Waals surface area contributed by atoms with E-state index in [2.05, 4.69) is 10.6 Å². The van der Waals surface area contributed by atoms with Crippen molar-refractivity contribution in [2.45, 2.75) is 37.8 Å². The van der Waals surface area contributed by atoms with E-state index in [9.17, 15) is 4.79 Å². The molecule has 0 aromatic heterocycles. The summed E-state index contributed by atoms with van der Waals surface area (Å²) in [5.41, 5.74) is 0.694. The molecule has 0 saturated heterocycles. The predicted molar refractivity (Wildman–Crippen MR) is 81.1 cm³/mol. The van der Waals surface area contributed by atoms with Crippen LogP contribution in [0.3, 0.4) is 0 Å². The fourth-order valence-corrected chi connectivity index (χ4v) is 2.76. The van der Waals surface area contributed by atoms with Crippen molar-refractivity contribution in [3.05, 3.63) is 29.3 Å². The summed E-state index contributed by atoms with van der Waals surface area (Å²) < 4.78 is 5.74. The van der Waals surface area contributed by atoms with Crippen molar-refractivity contribution in [1.82, 2.24) is 5.32 Å². The van der Waals surface area contributed by atoms with E-state index in [1.807, 2.05) is 7.05 Å². The number of hydrogen-bond donors (Lipinski definition) is 2. The Bertz CT molecular complexity index is 453. The van der Waals surface area contributed by atoms with E-state index in [4.69, 9.17) is 16.3 Å². The topological polar surface area (TPSA) is 50.4 Å². The first-order chi connectivity index (χ1) is 9.69. The minimum Gasteiger partial charge on any atom is -0.367 e. The van der Waals surface area contributed by atoms with Gasteiger partial charge in [0.15, 0.2) is 0 Å². The quantitative estimate of drug-likeness (QED) is 0.878. The predicted octanol–water partition coefficient (Wildman–Crippen LogP) is 2.83. The van der Waals surface area contributed by atoms with Crippen molar-refractivity contribution in [1.29, 1.82) is 0 Å². The van der Waals surface area contributed by atoms with Crippen LogP contribution in [0.1, 0.15) is 25.7 Å². The molecule has 1 aliphatic rings. The maximum Gasteiger partial charge on any atom is 0.250 e. The first-order valence-electron chi connectivity index (χ1n) is 7.03. The molecule has 0 bridgehead atoms. The molecule has 0 radical (unpaired) electrons. The van der Waals surface area contributed by atoms with Gasteiger partial charge in [0.05, 0.1) is 6.10 Å². The normalized spacial score (nSPS) is 22.5. The summed E-state index contributed by atoms with van der Waals surface area (Å²) in [7, 11) is 1.94. The Morgan fingerprint density at radius 3 is 2.95 bits per heavy atom. The number of carbonyl (C=O) groups excluding carboxylic acids is 1. The molecule has 1 aromatic rings. The number of hydrogen-bond acceptors (Lipinski definition) is 3. The Morgan fingerprint density at radius 2 is 2.20 bits per heavy atom. The van der Waals surface area contributed by atoms with E-state index in [1.165, 1.54) is 12.8 Å². The molecule has 1 saturated carbocycles. The third kappa shape index (κ3) is 4.47. The van der Waals surface area contributed by atoms with Gasteiger partial charge >= 0.3 is 0 Å². The summed E-state index contributed by atoms with van der Waals surface area (Å²) in [6, 6.07) is 7.45. The van der Waals surface area contributed by atoms with Crippen LogP contribution < -0.4 is 10.6 Å². The monoisotopic (exact) mass is 296 g/mol. The third-order valence-corrected chi connectivity index (χ3v) is 3.85. The zero-order chi connectivity index (χ0) is 14.4. The van der Waals surface area contributed by atoms with Crippen LogP contribution in [-0.4, -0.2) is 31.7 Å². The molecular formula is C15H21ClN2O2. The van der Waals surface area contributed by atoms with E-state index in [1.54, 1.807) is 24.3 Å². The highest BCUT2D eigenvalue weighted by atomic mass is 35.5. The molecule has 4 nitrogen and oxygen atoms in total. The van der Waals surface area contributed by atoms with E-state index in [0.717, 1.165) is 12.8 Å². The van der Waals surface area contributed by atoms with Crippen LogP contribution in [0.5, 0.6) is 0 Å². The van der Waals surface area contributed by atoms with E-state index in [-0.39, 0.29) is 18.6 Å². The summed E-state index contributed by atoms with van der Waals surface area (Å²) in [4.78, 5) is 11.9. The fraction of sp³-hybridized carbons (Fsp3) is 0.533. The lowest BCUT2D eigenvalue weighted by Crippen LogP contribution is -2.42. The maximum atomic E-state index is 11.9. The van der Waals surface area contributed by atoms with Gasteiger partial charge in [0.1, 0.15) is 6.61 Å². The summed E-state index contributed by atoms with van der Waals surface area (Å²) in [6.07, 6.45) is 4.63. The lowest BCUT2D eigenvalue weighted by Gasteiger charge is -2.30. The number of carbonyl (C=O) groups is 1. The molecule has 20 heavy (non-hydrogen) atoms. The number of halogens is 1. The molecule has 0 spiro atoms. The molecule has 1 aromatic carbocycles. The maximum absolute atomic E-state index is 11.9. The van der Waals surface area contributed by atoms with Gasteiger partial charge in [-0.05, 0) is 38.1 Å². The fourth-order valence-electron chi connectivity index (χ4n) is 2.57. The largest absolute Gasteiger partial charge is 0.367 e. The van der Waals surface area contributed by atoms with Gasteiger partial charge in [-0.2, -0.15) is 0 Å². The minimum absolute atomic E-state index is 0.0787. The molecule has 0 aliphatic heterocycles. The van der Waals surface area contributed by atoms with Crippen LogP contribution in [0, 0.1) is 0 Å². The van der Waals surface area contributed by atoms with Gasteiger partial charge in [0.2, 0.25) is 5.91 Å². The summed E-state index contributed by atoms with van der Waals surface area (Å²) in [5, 5.41) is 6.65. The van der Waals surface area contributed by atoms with E-state index in [0.29, 0.717) is 16.8 Å². The zero-order valence-corrected chi connectivity index (χ0v) is 12.5. The van der Waals surface area contributed by atoms with E-state index < -0.39 is 0 Å². The van der Waals surface area contributed by atoms with Crippen molar-refractivity contribution in [3.8, 4) is 0 Å². The second-order valence-electron chi connectivity index (χ2n) is 5.09. The van der Waals surface area contributed by atoms with Gasteiger partial charge < -0.3 is 15.4 Å². The Morgan fingerprint density at radius 1 is 1.40 bits per heavy atom. The van der Waals surface area contributed by atoms with Crippen LogP contribution in [0.4, 0.5) is 5.69 Å². The molecule has 2 unspecified atom stereocenters. The number of likely N-dealkylation sites (N-methyl/N-ethyl adjacent to an activating group) is 1. The highest BCUT2D eigenvalue weighted by Crippen LogP contribution is 2.21. The molecule has 1 amide bonds. The first kappa shape index (κ1) is 15.3. The molecule has 2 rings (SSSR count). The third-order valence-electron chi connectivity index (χ3n) is 3.61. The Balaban J connectivity index is 1.79. The first-order valence-corrected chi connectivity index (χ1v) is 7.41. The minimum atomic E-state index is -0.146. The van der Waals surface area contributed by atoms with Crippen LogP contribution in [0.25, 0.3) is 0 Å². The van der Waals surface area contributed by atoms with E-state index >= 15 is 0 Å². The second kappa shape index (κ2) is 7.62. The molecular weight excluding hydrogens is 276 g/mol. The standard InChI is InChI=1S/C15H21ClN2O2/c1-17-13-7-2-3-8-14(13)20-10-15(19)18-12-6-4-5-11(16)9-12/h4-6,9,13-14,17H,2-3,7-8,10H2,1H3,(H,18,19). The average molecular weight is 297 g/mol. The van der Waals surface area contributed by atoms with Crippen LogP contribution in [0.2, 0.25) is 5.02 Å². The average Bonchev–Trinajstić information content (AvgIpc) is 2.45. The van der Waals surface area contributed by atoms with Crippen molar-refractivity contribution in [3.63, 3.8) is 0 Å². The van der Waals surface area contributed by atoms with Crippen LogP contribution in [-0.2, 0) is 9.53 Å². The van der Waals surface area contributed by atoms with Gasteiger partial charge in [-0.3, -0.25) is 4.79 Å². The van der Waals surface area contributed by atoms with Gasteiger partial charge in [0, 0.05) is 16.8 Å². The molecule has 1 aliphatic carbocycles. The van der Waals surface area contributed by atoms with Crippen LogP contribution in [0.15, 0.2) is 24.3 Å². The summed E-state index contributed by atoms with van der Waals surface area (Å²) in [6.45, 7) is 0.0787. The Hall–Kier alpha value is -1.10. The summed E-state index contributed by atoms with van der Waals surface area (Å²) in [5.74, 6) is -0.146. The number of rotatable bonds is 5. The number of amides is 1. The van der Waals surface area contributed by atoms with Gasteiger partial charge in [-0.1, -0.05) is 30.5 Å². The number of ether oxygens (including phenoxy) is 1. The summed E-state index contributed by atoms with van der Waals surface area (Å²) >= 11 is 5.87. The molecule has 110 valence electrons. The van der Waals surface area contributed by atoms with Crippen molar-refractivity contribution >= 4 is 23.2 Å². The van der Waals surface area contributed by atoms with Gasteiger partial charge in [-0.25, -0.2) is 0 Å². The highest BCUT2D eigenvalue weighted by Gasteiger charge is 2.24. The Kier molecular flexibility index (Phi) is 5.83. The lowest BCUT2D eigenvalue weighted by atomic mass is 9.92. The van der Waals surface area contributed by atoms with Gasteiger partial charge in [0.25, 0.3) is 0 Å². The second-order valence-corrected chi connectivity index (χ2v) is 5.52. The molecule has 5 heteroatoms. The smallest absolute Gasteiger partial charge is 0.250 e. The zero-order valence-electron chi connectivity index (χ0n) is 11.7. The molecule has 1 fully saturated rings.